The van der Waals surface area contributed by atoms with Gasteiger partial charge in [0.25, 0.3) is 0 Å². The normalized spacial score (nSPS) is 16.2. The van der Waals surface area contributed by atoms with Crippen molar-refractivity contribution in [3.8, 4) is 5.69 Å². The van der Waals surface area contributed by atoms with Crippen molar-refractivity contribution in [2.24, 2.45) is 0 Å². The van der Waals surface area contributed by atoms with Crippen molar-refractivity contribution in [1.82, 2.24) is 14.7 Å². The van der Waals surface area contributed by atoms with Crippen LogP contribution in [0.4, 0.5) is 22.4 Å². The van der Waals surface area contributed by atoms with E-state index in [0.29, 0.717) is 18.5 Å². The summed E-state index contributed by atoms with van der Waals surface area (Å²) in [6.45, 7) is -0.863. The van der Waals surface area contributed by atoms with Gasteiger partial charge in [-0.05, 0) is 43.2 Å². The molecule has 1 aromatic carbocycles. The van der Waals surface area contributed by atoms with Crippen LogP contribution in [0.3, 0.4) is 0 Å². The molecule has 1 aliphatic heterocycles. The SMILES string of the molecule is C.O=C(O[C@H](CO)C(F)(F)F)N1CCC(c2ccn(-c3ccc(F)cc3)n2)CC1. The van der Waals surface area contributed by atoms with Crippen LogP contribution in [0.15, 0.2) is 36.5 Å². The lowest BCUT2D eigenvalue weighted by molar-refractivity contribution is -0.214. The smallest absolute Gasteiger partial charge is 0.427 e. The number of hydrogen-bond acceptors (Lipinski definition) is 4. The number of carbonyl (C=O) groups is 1. The minimum absolute atomic E-state index is 0. The third-order valence-corrected chi connectivity index (χ3v) is 4.65. The first kappa shape index (κ1) is 22.7. The Bertz CT molecular complexity index is 800. The quantitative estimate of drug-likeness (QED) is 0.767. The lowest BCUT2D eigenvalue weighted by Crippen LogP contribution is -2.44. The number of halogens is 4. The molecule has 29 heavy (non-hydrogen) atoms. The molecule has 0 radical (unpaired) electrons. The zero-order valence-corrected chi connectivity index (χ0v) is 14.8. The number of nitrogens with zero attached hydrogens (tertiary/aromatic N) is 3. The van der Waals surface area contributed by atoms with E-state index in [-0.39, 0.29) is 32.3 Å². The minimum Gasteiger partial charge on any atom is -0.434 e. The van der Waals surface area contributed by atoms with Crippen LogP contribution < -0.4 is 0 Å². The number of piperidine rings is 1. The number of amides is 1. The van der Waals surface area contributed by atoms with E-state index >= 15 is 0 Å². The topological polar surface area (TPSA) is 67.6 Å². The van der Waals surface area contributed by atoms with E-state index in [1.54, 1.807) is 23.0 Å². The minimum atomic E-state index is -4.81. The van der Waals surface area contributed by atoms with Crippen molar-refractivity contribution in [1.29, 1.82) is 0 Å². The van der Waals surface area contributed by atoms with E-state index in [1.165, 1.54) is 17.0 Å². The molecule has 1 atom stereocenters. The van der Waals surface area contributed by atoms with E-state index in [9.17, 15) is 22.4 Å². The molecule has 1 aliphatic rings. The van der Waals surface area contributed by atoms with Crippen LogP contribution in [0.2, 0.25) is 0 Å². The Morgan fingerprint density at radius 3 is 2.38 bits per heavy atom. The van der Waals surface area contributed by atoms with Gasteiger partial charge in [0.05, 0.1) is 18.0 Å². The van der Waals surface area contributed by atoms with Crippen molar-refractivity contribution >= 4 is 6.09 Å². The predicted octanol–water partition coefficient (Wildman–Crippen LogP) is 3.89. The molecule has 10 heteroatoms. The van der Waals surface area contributed by atoms with E-state index in [4.69, 9.17) is 5.11 Å². The summed E-state index contributed by atoms with van der Waals surface area (Å²) in [5.74, 6) is -0.300. The van der Waals surface area contributed by atoms with Gasteiger partial charge in [-0.15, -0.1) is 0 Å². The zero-order valence-electron chi connectivity index (χ0n) is 14.8. The van der Waals surface area contributed by atoms with Gasteiger partial charge in [0.2, 0.25) is 6.10 Å². The molecule has 0 bridgehead atoms. The van der Waals surface area contributed by atoms with Crippen LogP contribution in [-0.2, 0) is 4.74 Å². The Kier molecular flexibility index (Phi) is 7.23. The molecule has 2 heterocycles. The summed E-state index contributed by atoms with van der Waals surface area (Å²) in [5.41, 5.74) is 1.50. The molecule has 6 nitrogen and oxygen atoms in total. The highest BCUT2D eigenvalue weighted by Crippen LogP contribution is 2.29. The fraction of sp³-hybridized carbons (Fsp3) is 0.474. The predicted molar refractivity (Wildman–Crippen MR) is 97.2 cm³/mol. The molecule has 1 saturated heterocycles. The number of carbonyl (C=O) groups excluding carboxylic acids is 1. The van der Waals surface area contributed by atoms with E-state index in [2.05, 4.69) is 9.84 Å². The third-order valence-electron chi connectivity index (χ3n) is 4.65. The lowest BCUT2D eigenvalue weighted by Gasteiger charge is -2.31. The van der Waals surface area contributed by atoms with E-state index < -0.39 is 25.0 Å². The van der Waals surface area contributed by atoms with Crippen molar-refractivity contribution < 1.29 is 32.2 Å². The Balaban J connectivity index is 0.00000300. The van der Waals surface area contributed by atoms with Gasteiger partial charge in [0.15, 0.2) is 0 Å². The highest BCUT2D eigenvalue weighted by Gasteiger charge is 2.43. The van der Waals surface area contributed by atoms with Crippen molar-refractivity contribution in [2.45, 2.75) is 38.5 Å². The molecular weight excluding hydrogens is 394 g/mol. The van der Waals surface area contributed by atoms with Gasteiger partial charge in [-0.1, -0.05) is 7.43 Å². The van der Waals surface area contributed by atoms with Crippen LogP contribution in [0.25, 0.3) is 5.69 Å². The van der Waals surface area contributed by atoms with Crippen LogP contribution in [0, 0.1) is 5.82 Å². The molecule has 0 aliphatic carbocycles. The van der Waals surface area contributed by atoms with Crippen molar-refractivity contribution in [2.75, 3.05) is 19.7 Å². The van der Waals surface area contributed by atoms with Gasteiger partial charge in [0.1, 0.15) is 5.82 Å². The molecular formula is C19H23F4N3O3. The van der Waals surface area contributed by atoms with Crippen LogP contribution >= 0.6 is 0 Å². The third kappa shape index (κ3) is 5.47. The highest BCUT2D eigenvalue weighted by molar-refractivity contribution is 5.68. The molecule has 0 saturated carbocycles. The fourth-order valence-electron chi connectivity index (χ4n) is 3.06. The number of benzene rings is 1. The summed E-state index contributed by atoms with van der Waals surface area (Å²) in [4.78, 5) is 13.1. The Morgan fingerprint density at radius 1 is 1.21 bits per heavy atom. The Morgan fingerprint density at radius 2 is 1.83 bits per heavy atom. The lowest BCUT2D eigenvalue weighted by atomic mass is 9.94. The maximum Gasteiger partial charge on any atom is 0.427 e. The average Bonchev–Trinajstić information content (AvgIpc) is 3.16. The fourth-order valence-corrected chi connectivity index (χ4v) is 3.06. The second-order valence-electron chi connectivity index (χ2n) is 6.52. The maximum absolute atomic E-state index is 13.0. The zero-order chi connectivity index (χ0) is 20.3. The van der Waals surface area contributed by atoms with Crippen LogP contribution in [0.1, 0.15) is 31.9 Å². The highest BCUT2D eigenvalue weighted by atomic mass is 19.4. The Labute approximate surface area is 165 Å². The molecule has 2 aromatic rings. The van der Waals surface area contributed by atoms with E-state index in [1.807, 2.05) is 6.07 Å². The number of ether oxygens (including phenoxy) is 1. The number of rotatable bonds is 4. The van der Waals surface area contributed by atoms with Crippen molar-refractivity contribution in [3.05, 3.63) is 48.0 Å². The first-order valence-corrected chi connectivity index (χ1v) is 8.72. The van der Waals surface area contributed by atoms with Gasteiger partial charge in [-0.3, -0.25) is 0 Å². The van der Waals surface area contributed by atoms with Gasteiger partial charge in [-0.25, -0.2) is 13.9 Å². The van der Waals surface area contributed by atoms with Gasteiger partial charge in [0, 0.05) is 25.2 Å². The summed E-state index contributed by atoms with van der Waals surface area (Å²) in [6.07, 6.45) is -5.64. The maximum atomic E-state index is 13.0. The van der Waals surface area contributed by atoms with Gasteiger partial charge < -0.3 is 14.7 Å². The summed E-state index contributed by atoms with van der Waals surface area (Å²) in [7, 11) is 0. The first-order valence-electron chi connectivity index (χ1n) is 8.72. The van der Waals surface area contributed by atoms with Gasteiger partial charge >= 0.3 is 12.3 Å². The van der Waals surface area contributed by atoms with E-state index in [0.717, 1.165) is 5.69 Å². The first-order chi connectivity index (χ1) is 13.3. The molecule has 1 amide bonds. The van der Waals surface area contributed by atoms with Crippen LogP contribution in [0.5, 0.6) is 0 Å². The number of alkyl halides is 3. The molecule has 160 valence electrons. The molecule has 1 fully saturated rings. The monoisotopic (exact) mass is 417 g/mol. The second kappa shape index (κ2) is 9.25. The largest absolute Gasteiger partial charge is 0.434 e. The summed E-state index contributed by atoms with van der Waals surface area (Å²) < 4.78 is 56.8. The molecule has 0 spiro atoms. The Hall–Kier alpha value is -2.62. The molecule has 1 N–H and O–H groups in total. The number of likely N-dealkylation sites (tertiary alicyclic amines) is 1. The van der Waals surface area contributed by atoms with Gasteiger partial charge in [-0.2, -0.15) is 18.3 Å². The standard InChI is InChI=1S/C18H19F4N3O3.CH4/c19-13-1-3-14(4-2-13)25-10-7-15(23-25)12-5-8-24(9-6-12)17(27)28-16(11-26)18(20,21)22;/h1-4,7,10,12,16,26H,5-6,8-9,11H2;1H4/t16-;/m1./s1. The van der Waals surface area contributed by atoms with Crippen molar-refractivity contribution in [3.63, 3.8) is 0 Å². The number of aliphatic hydroxyl groups is 1. The number of hydrogen-bond donors (Lipinski definition) is 1. The average molecular weight is 417 g/mol. The molecule has 1 aromatic heterocycles. The summed E-state index contributed by atoms with van der Waals surface area (Å²) in [5, 5.41) is 13.2. The second-order valence-corrected chi connectivity index (χ2v) is 6.52. The number of aromatic nitrogens is 2. The molecule has 3 rings (SSSR count). The van der Waals surface area contributed by atoms with Crippen LogP contribution in [-0.4, -0.2) is 57.9 Å². The molecule has 0 unspecified atom stereocenters. The number of aliphatic hydroxyl groups excluding tert-OH is 1. The summed E-state index contributed by atoms with van der Waals surface area (Å²) >= 11 is 0. The summed E-state index contributed by atoms with van der Waals surface area (Å²) in [6, 6.07) is 7.70.